The fraction of sp³-hybridized carbons (Fsp3) is 0.909. The van der Waals surface area contributed by atoms with E-state index < -0.39 is 0 Å². The minimum absolute atomic E-state index is 0.206. The van der Waals surface area contributed by atoms with Gasteiger partial charge in [0.2, 0.25) is 5.91 Å². The van der Waals surface area contributed by atoms with Crippen molar-refractivity contribution in [2.24, 2.45) is 5.92 Å². The van der Waals surface area contributed by atoms with E-state index in [0.29, 0.717) is 12.6 Å². The van der Waals surface area contributed by atoms with Gasteiger partial charge in [0, 0.05) is 18.8 Å². The van der Waals surface area contributed by atoms with Gasteiger partial charge in [0.1, 0.15) is 0 Å². The highest BCUT2D eigenvalue weighted by Gasteiger charge is 2.21. The van der Waals surface area contributed by atoms with Crippen molar-refractivity contribution >= 4 is 17.7 Å². The molecule has 0 radical (unpaired) electrons. The number of carbonyl (C=O) groups is 1. The van der Waals surface area contributed by atoms with Crippen LogP contribution >= 0.6 is 11.8 Å². The van der Waals surface area contributed by atoms with Gasteiger partial charge in [-0.2, -0.15) is 11.8 Å². The number of carbonyl (C=O) groups excluding carboxylic acids is 1. The highest BCUT2D eigenvalue weighted by atomic mass is 32.2. The second kappa shape index (κ2) is 6.38. The molecule has 1 aliphatic carbocycles. The van der Waals surface area contributed by atoms with Crippen LogP contribution in [0.5, 0.6) is 0 Å². The first kappa shape index (κ1) is 12.8. The van der Waals surface area contributed by atoms with Crippen LogP contribution in [0.3, 0.4) is 0 Å². The molecule has 3 nitrogen and oxygen atoms in total. The molecule has 1 atom stereocenters. The molecule has 1 fully saturated rings. The summed E-state index contributed by atoms with van der Waals surface area (Å²) in [6.45, 7) is 3.59. The number of likely N-dealkylation sites (N-methyl/N-ethyl adjacent to an activating group) is 1. The van der Waals surface area contributed by atoms with E-state index in [1.807, 2.05) is 11.9 Å². The smallest absolute Gasteiger partial charge is 0.236 e. The van der Waals surface area contributed by atoms with Gasteiger partial charge in [0.25, 0.3) is 0 Å². The number of rotatable bonds is 7. The molecule has 1 aliphatic rings. The fourth-order valence-corrected chi connectivity index (χ4v) is 2.13. The third kappa shape index (κ3) is 4.89. The zero-order chi connectivity index (χ0) is 11.3. The van der Waals surface area contributed by atoms with Crippen LogP contribution in [0.1, 0.15) is 19.8 Å². The molecule has 1 rings (SSSR count). The van der Waals surface area contributed by atoms with Crippen LogP contribution in [0, 0.1) is 5.92 Å². The summed E-state index contributed by atoms with van der Waals surface area (Å²) in [5, 5.41) is 3.23. The minimum Gasteiger partial charge on any atom is -0.341 e. The SMILES string of the molecule is CSCC(C)N(C)C(=O)CNCC1CC1. The molecule has 1 saturated carbocycles. The molecule has 4 heteroatoms. The number of nitrogens with one attached hydrogen (secondary N) is 1. The molecule has 0 aromatic carbocycles. The van der Waals surface area contributed by atoms with E-state index in [4.69, 9.17) is 0 Å². The van der Waals surface area contributed by atoms with Crippen molar-refractivity contribution < 1.29 is 4.79 Å². The lowest BCUT2D eigenvalue weighted by Gasteiger charge is -2.24. The summed E-state index contributed by atoms with van der Waals surface area (Å²) in [4.78, 5) is 13.6. The number of hydrogen-bond acceptors (Lipinski definition) is 3. The van der Waals surface area contributed by atoms with Gasteiger partial charge in [0.15, 0.2) is 0 Å². The molecular weight excluding hydrogens is 208 g/mol. The number of nitrogens with zero attached hydrogens (tertiary/aromatic N) is 1. The number of hydrogen-bond donors (Lipinski definition) is 1. The Bertz CT molecular complexity index is 207. The van der Waals surface area contributed by atoms with Crippen LogP contribution in [-0.4, -0.2) is 49.0 Å². The number of amides is 1. The van der Waals surface area contributed by atoms with Gasteiger partial charge in [-0.15, -0.1) is 0 Å². The lowest BCUT2D eigenvalue weighted by molar-refractivity contribution is -0.130. The van der Waals surface area contributed by atoms with Gasteiger partial charge in [-0.3, -0.25) is 4.79 Å². The first-order valence-electron chi connectivity index (χ1n) is 5.60. The van der Waals surface area contributed by atoms with Gasteiger partial charge < -0.3 is 10.2 Å². The van der Waals surface area contributed by atoms with Crippen molar-refractivity contribution in [2.45, 2.75) is 25.8 Å². The van der Waals surface area contributed by atoms with Crippen LogP contribution in [-0.2, 0) is 4.79 Å². The van der Waals surface area contributed by atoms with Crippen LogP contribution in [0.25, 0.3) is 0 Å². The molecule has 0 heterocycles. The molecule has 88 valence electrons. The molecule has 0 saturated heterocycles. The zero-order valence-corrected chi connectivity index (χ0v) is 10.8. The predicted molar refractivity (Wildman–Crippen MR) is 66.2 cm³/mol. The zero-order valence-electron chi connectivity index (χ0n) is 9.95. The van der Waals surface area contributed by atoms with E-state index in [1.165, 1.54) is 12.8 Å². The molecule has 1 N–H and O–H groups in total. The maximum atomic E-state index is 11.7. The largest absolute Gasteiger partial charge is 0.341 e. The summed E-state index contributed by atoms with van der Waals surface area (Å²) in [6.07, 6.45) is 4.74. The van der Waals surface area contributed by atoms with E-state index >= 15 is 0 Å². The standard InChI is InChI=1S/C11H22N2OS/c1-9(8-15-3)13(2)11(14)7-12-6-10-4-5-10/h9-10,12H,4-8H2,1-3H3. The van der Waals surface area contributed by atoms with Crippen LogP contribution in [0.15, 0.2) is 0 Å². The Morgan fingerprint density at radius 3 is 2.80 bits per heavy atom. The molecular formula is C11H22N2OS. The summed E-state index contributed by atoms with van der Waals surface area (Å²) in [6, 6.07) is 0.329. The van der Waals surface area contributed by atoms with Crippen LogP contribution in [0.2, 0.25) is 0 Å². The summed E-state index contributed by atoms with van der Waals surface area (Å²) in [7, 11) is 1.89. The average Bonchev–Trinajstić information content (AvgIpc) is 3.00. The Labute approximate surface area is 97.0 Å². The van der Waals surface area contributed by atoms with Gasteiger partial charge in [0.05, 0.1) is 6.54 Å². The van der Waals surface area contributed by atoms with Crippen molar-refractivity contribution in [2.75, 3.05) is 32.1 Å². The Morgan fingerprint density at radius 2 is 2.27 bits per heavy atom. The van der Waals surface area contributed by atoms with E-state index in [9.17, 15) is 4.79 Å². The highest BCUT2D eigenvalue weighted by molar-refractivity contribution is 7.98. The maximum absolute atomic E-state index is 11.7. The Hall–Kier alpha value is -0.220. The normalized spacial score (nSPS) is 17.5. The second-order valence-corrected chi connectivity index (χ2v) is 5.29. The van der Waals surface area contributed by atoms with Gasteiger partial charge in [-0.05, 0) is 38.5 Å². The average molecular weight is 230 g/mol. The van der Waals surface area contributed by atoms with Gasteiger partial charge in [-0.1, -0.05) is 0 Å². The predicted octanol–water partition coefficient (Wildman–Crippen LogP) is 1.20. The van der Waals surface area contributed by atoms with Gasteiger partial charge >= 0.3 is 0 Å². The summed E-state index contributed by atoms with van der Waals surface area (Å²) < 4.78 is 0. The van der Waals surface area contributed by atoms with Crippen LogP contribution in [0.4, 0.5) is 0 Å². The summed E-state index contributed by atoms with van der Waals surface area (Å²) in [5.41, 5.74) is 0. The molecule has 0 bridgehead atoms. The Kier molecular flexibility index (Phi) is 5.47. The molecule has 0 aromatic heterocycles. The molecule has 0 aromatic rings. The van der Waals surface area contributed by atoms with Crippen molar-refractivity contribution in [1.29, 1.82) is 0 Å². The minimum atomic E-state index is 0.206. The molecule has 1 unspecified atom stereocenters. The van der Waals surface area contributed by atoms with Crippen molar-refractivity contribution in [1.82, 2.24) is 10.2 Å². The lowest BCUT2D eigenvalue weighted by Crippen LogP contribution is -2.42. The summed E-state index contributed by atoms with van der Waals surface area (Å²) in [5.74, 6) is 2.05. The van der Waals surface area contributed by atoms with Crippen LogP contribution < -0.4 is 5.32 Å². The first-order valence-corrected chi connectivity index (χ1v) is 6.99. The third-order valence-corrected chi connectivity index (χ3v) is 3.68. The quantitative estimate of drug-likeness (QED) is 0.713. The Morgan fingerprint density at radius 1 is 1.60 bits per heavy atom. The maximum Gasteiger partial charge on any atom is 0.236 e. The summed E-state index contributed by atoms with van der Waals surface area (Å²) >= 11 is 1.78. The molecule has 0 spiro atoms. The monoisotopic (exact) mass is 230 g/mol. The topological polar surface area (TPSA) is 32.3 Å². The Balaban J connectivity index is 2.12. The highest BCUT2D eigenvalue weighted by Crippen LogP contribution is 2.27. The third-order valence-electron chi connectivity index (χ3n) is 2.87. The number of thioether (sulfide) groups is 1. The van der Waals surface area contributed by atoms with Crippen molar-refractivity contribution in [3.63, 3.8) is 0 Å². The van der Waals surface area contributed by atoms with E-state index in [2.05, 4.69) is 18.5 Å². The van der Waals surface area contributed by atoms with E-state index in [0.717, 1.165) is 18.2 Å². The van der Waals surface area contributed by atoms with Gasteiger partial charge in [-0.25, -0.2) is 0 Å². The first-order chi connectivity index (χ1) is 7.15. The van der Waals surface area contributed by atoms with E-state index in [1.54, 1.807) is 11.8 Å². The van der Waals surface area contributed by atoms with Crippen molar-refractivity contribution in [3.05, 3.63) is 0 Å². The second-order valence-electron chi connectivity index (χ2n) is 4.38. The van der Waals surface area contributed by atoms with Crippen molar-refractivity contribution in [3.8, 4) is 0 Å². The molecule has 0 aliphatic heterocycles. The molecule has 15 heavy (non-hydrogen) atoms. The molecule has 1 amide bonds. The van der Waals surface area contributed by atoms with E-state index in [-0.39, 0.29) is 5.91 Å². The fourth-order valence-electron chi connectivity index (χ4n) is 1.43. The lowest BCUT2D eigenvalue weighted by atomic mass is 10.3.